The highest BCUT2D eigenvalue weighted by Gasteiger charge is 2.28. The summed E-state index contributed by atoms with van der Waals surface area (Å²) >= 11 is 0. The molecule has 0 saturated carbocycles. The van der Waals surface area contributed by atoms with Crippen molar-refractivity contribution < 1.29 is 19.1 Å². The molecule has 1 saturated heterocycles. The average Bonchev–Trinajstić information content (AvgIpc) is 2.54. The molecule has 0 bridgehead atoms. The van der Waals surface area contributed by atoms with Crippen LogP contribution in [-0.2, 0) is 4.74 Å². The molecule has 2 heterocycles. The highest BCUT2D eigenvalue weighted by atomic mass is 16.6. The molecule has 1 aromatic rings. The van der Waals surface area contributed by atoms with Gasteiger partial charge in [0.1, 0.15) is 17.6 Å². The fraction of sp³-hybridized carbons (Fsp3) is 0.579. The van der Waals surface area contributed by atoms with E-state index in [4.69, 9.17) is 4.74 Å². The Hall–Kier alpha value is -2.28. The standard InChI is InChI=1S/C19H27N3O4/c1-19(2,3)26-18(25)22(12-5-4-9-21-10-6-11-21)17(24)16-13-15(14-23)7-8-20-16/h7-8,13-14H,4-6,9-12H2,1-3H3. The van der Waals surface area contributed by atoms with Crippen molar-refractivity contribution in [3.05, 3.63) is 29.6 Å². The van der Waals surface area contributed by atoms with Crippen molar-refractivity contribution in [3.63, 3.8) is 0 Å². The third-order valence-corrected chi connectivity index (χ3v) is 4.05. The molecule has 0 aromatic carbocycles. The average molecular weight is 361 g/mol. The van der Waals surface area contributed by atoms with Crippen LogP contribution in [0.4, 0.5) is 4.79 Å². The number of nitrogens with zero attached hydrogens (tertiary/aromatic N) is 3. The fourth-order valence-corrected chi connectivity index (χ4v) is 2.58. The van der Waals surface area contributed by atoms with Gasteiger partial charge in [-0.15, -0.1) is 0 Å². The van der Waals surface area contributed by atoms with E-state index in [2.05, 4.69) is 9.88 Å². The predicted molar refractivity (Wildman–Crippen MR) is 97.2 cm³/mol. The molecule has 0 unspecified atom stereocenters. The van der Waals surface area contributed by atoms with Crippen LogP contribution >= 0.6 is 0 Å². The topological polar surface area (TPSA) is 79.8 Å². The highest BCUT2D eigenvalue weighted by Crippen LogP contribution is 2.14. The predicted octanol–water partition coefficient (Wildman–Crippen LogP) is 2.76. The van der Waals surface area contributed by atoms with Crippen molar-refractivity contribution in [2.45, 2.75) is 45.6 Å². The zero-order chi connectivity index (χ0) is 19.2. The Morgan fingerprint density at radius 1 is 1.31 bits per heavy atom. The first-order valence-electron chi connectivity index (χ1n) is 8.98. The van der Waals surface area contributed by atoms with Gasteiger partial charge in [0.2, 0.25) is 0 Å². The third-order valence-electron chi connectivity index (χ3n) is 4.05. The van der Waals surface area contributed by atoms with Crippen LogP contribution in [0.1, 0.15) is 60.9 Å². The summed E-state index contributed by atoms with van der Waals surface area (Å²) in [5, 5.41) is 0. The van der Waals surface area contributed by atoms with E-state index in [1.165, 1.54) is 24.8 Å². The van der Waals surface area contributed by atoms with E-state index in [-0.39, 0.29) is 12.2 Å². The van der Waals surface area contributed by atoms with Crippen LogP contribution in [0.5, 0.6) is 0 Å². The van der Waals surface area contributed by atoms with Gasteiger partial charge in [-0.05, 0) is 71.8 Å². The van der Waals surface area contributed by atoms with Crippen LogP contribution in [0, 0.1) is 0 Å². The van der Waals surface area contributed by atoms with Crippen LogP contribution in [0.15, 0.2) is 18.3 Å². The van der Waals surface area contributed by atoms with Crippen LogP contribution in [0.2, 0.25) is 0 Å². The molecule has 0 radical (unpaired) electrons. The lowest BCUT2D eigenvalue weighted by Gasteiger charge is -2.31. The summed E-state index contributed by atoms with van der Waals surface area (Å²) in [6.07, 6.45) is 4.16. The lowest BCUT2D eigenvalue weighted by Crippen LogP contribution is -2.42. The summed E-state index contributed by atoms with van der Waals surface area (Å²) in [5.74, 6) is -0.549. The zero-order valence-corrected chi connectivity index (χ0v) is 15.7. The molecule has 7 heteroatoms. The normalized spacial score (nSPS) is 14.4. The Bertz CT molecular complexity index is 650. The van der Waals surface area contributed by atoms with E-state index in [0.29, 0.717) is 18.3 Å². The fourth-order valence-electron chi connectivity index (χ4n) is 2.58. The van der Waals surface area contributed by atoms with E-state index in [1.54, 1.807) is 20.8 Å². The van der Waals surface area contributed by atoms with Gasteiger partial charge in [-0.3, -0.25) is 14.6 Å². The second-order valence-electron chi connectivity index (χ2n) is 7.43. The number of unbranched alkanes of at least 4 members (excludes halogenated alkanes) is 1. The van der Waals surface area contributed by atoms with E-state index in [0.717, 1.165) is 31.0 Å². The van der Waals surface area contributed by atoms with Crippen molar-refractivity contribution in [2.24, 2.45) is 0 Å². The minimum Gasteiger partial charge on any atom is -0.443 e. The molecule has 2 amide bonds. The Kier molecular flexibility index (Phi) is 6.85. The van der Waals surface area contributed by atoms with Crippen molar-refractivity contribution in [2.75, 3.05) is 26.2 Å². The van der Waals surface area contributed by atoms with Crippen LogP contribution in [0.3, 0.4) is 0 Å². The number of pyridine rings is 1. The molecule has 0 atom stereocenters. The molecule has 0 spiro atoms. The smallest absolute Gasteiger partial charge is 0.417 e. The number of carbonyl (C=O) groups is 3. The quantitative estimate of drug-likeness (QED) is 0.549. The van der Waals surface area contributed by atoms with Crippen LogP contribution in [0.25, 0.3) is 0 Å². The number of rotatable bonds is 7. The molecule has 0 aliphatic carbocycles. The first-order valence-corrected chi connectivity index (χ1v) is 8.98. The number of carbonyl (C=O) groups excluding carboxylic acids is 3. The maximum atomic E-state index is 12.8. The lowest BCUT2D eigenvalue weighted by atomic mass is 10.2. The summed E-state index contributed by atoms with van der Waals surface area (Å²) in [6, 6.07) is 2.89. The molecule has 7 nitrogen and oxygen atoms in total. The van der Waals surface area contributed by atoms with Crippen molar-refractivity contribution >= 4 is 18.3 Å². The van der Waals surface area contributed by atoms with Gasteiger partial charge in [0.05, 0.1) is 0 Å². The Labute approximate surface area is 154 Å². The van der Waals surface area contributed by atoms with Crippen LogP contribution < -0.4 is 0 Å². The molecule has 2 rings (SSSR count). The number of hydrogen-bond donors (Lipinski definition) is 0. The third kappa shape index (κ3) is 5.91. The van der Waals surface area contributed by atoms with Crippen molar-refractivity contribution in [1.29, 1.82) is 0 Å². The number of aromatic nitrogens is 1. The molecule has 1 aromatic heterocycles. The molecule has 1 aliphatic rings. The summed E-state index contributed by atoms with van der Waals surface area (Å²) in [5.41, 5.74) is -0.306. The van der Waals surface area contributed by atoms with Gasteiger partial charge in [-0.25, -0.2) is 9.69 Å². The van der Waals surface area contributed by atoms with Crippen molar-refractivity contribution in [1.82, 2.24) is 14.8 Å². The molecule has 1 fully saturated rings. The number of ether oxygens (including phenoxy) is 1. The van der Waals surface area contributed by atoms with Gasteiger partial charge in [0, 0.05) is 18.3 Å². The monoisotopic (exact) mass is 361 g/mol. The summed E-state index contributed by atoms with van der Waals surface area (Å²) < 4.78 is 5.37. The van der Waals surface area contributed by atoms with E-state index < -0.39 is 17.6 Å². The SMILES string of the molecule is CC(C)(C)OC(=O)N(CCCCN1CCC1)C(=O)c1cc(C=O)ccn1. The molecular formula is C19H27N3O4. The largest absolute Gasteiger partial charge is 0.443 e. The first kappa shape index (κ1) is 20.0. The molecule has 1 aliphatic heterocycles. The summed E-state index contributed by atoms with van der Waals surface area (Å²) in [4.78, 5) is 43.6. The summed E-state index contributed by atoms with van der Waals surface area (Å²) in [7, 11) is 0. The number of hydrogen-bond acceptors (Lipinski definition) is 6. The zero-order valence-electron chi connectivity index (χ0n) is 15.7. The number of amides is 2. The first-order chi connectivity index (χ1) is 12.3. The molecule has 142 valence electrons. The van der Waals surface area contributed by atoms with Gasteiger partial charge in [0.15, 0.2) is 0 Å². The highest BCUT2D eigenvalue weighted by molar-refractivity contribution is 6.02. The van der Waals surface area contributed by atoms with Gasteiger partial charge in [0.25, 0.3) is 5.91 Å². The minimum absolute atomic E-state index is 0.0585. The Morgan fingerprint density at radius 3 is 2.62 bits per heavy atom. The minimum atomic E-state index is -0.703. The number of imide groups is 1. The van der Waals surface area contributed by atoms with E-state index in [1.807, 2.05) is 0 Å². The summed E-state index contributed by atoms with van der Waals surface area (Å²) in [6.45, 7) is 8.73. The molecule has 0 N–H and O–H groups in total. The van der Waals surface area contributed by atoms with Gasteiger partial charge in [-0.1, -0.05) is 0 Å². The Morgan fingerprint density at radius 2 is 2.04 bits per heavy atom. The van der Waals surface area contributed by atoms with E-state index in [9.17, 15) is 14.4 Å². The van der Waals surface area contributed by atoms with Crippen LogP contribution in [-0.4, -0.2) is 64.9 Å². The van der Waals surface area contributed by atoms with Gasteiger partial charge >= 0.3 is 6.09 Å². The molecule has 26 heavy (non-hydrogen) atoms. The maximum absolute atomic E-state index is 12.8. The van der Waals surface area contributed by atoms with Gasteiger partial charge in [-0.2, -0.15) is 0 Å². The van der Waals surface area contributed by atoms with Crippen molar-refractivity contribution in [3.8, 4) is 0 Å². The number of aldehydes is 1. The molecular weight excluding hydrogens is 334 g/mol. The number of likely N-dealkylation sites (tertiary alicyclic amines) is 1. The van der Waals surface area contributed by atoms with Gasteiger partial charge < -0.3 is 9.64 Å². The maximum Gasteiger partial charge on any atom is 0.417 e. The second-order valence-corrected chi connectivity index (χ2v) is 7.43. The van der Waals surface area contributed by atoms with E-state index >= 15 is 0 Å². The Balaban J connectivity index is 2.05. The lowest BCUT2D eigenvalue weighted by molar-refractivity contribution is 0.0235. The second kappa shape index (κ2) is 8.89.